The van der Waals surface area contributed by atoms with E-state index in [1.54, 1.807) is 12.4 Å². The molecule has 1 fully saturated rings. The van der Waals surface area contributed by atoms with Gasteiger partial charge < -0.3 is 9.64 Å². The van der Waals surface area contributed by atoms with Gasteiger partial charge >= 0.3 is 0 Å². The van der Waals surface area contributed by atoms with Crippen LogP contribution in [0.5, 0.6) is 0 Å². The summed E-state index contributed by atoms with van der Waals surface area (Å²) in [6.07, 6.45) is 11.5. The van der Waals surface area contributed by atoms with E-state index in [9.17, 15) is 0 Å². The summed E-state index contributed by atoms with van der Waals surface area (Å²) in [7, 11) is 0. The fourth-order valence-electron chi connectivity index (χ4n) is 3.74. The normalized spacial score (nSPS) is 15.2. The zero-order valence-corrected chi connectivity index (χ0v) is 18.2. The third-order valence-electron chi connectivity index (χ3n) is 5.46. The molecule has 0 spiro atoms. The Labute approximate surface area is 186 Å². The van der Waals surface area contributed by atoms with Crippen LogP contribution in [0.15, 0.2) is 67.2 Å². The van der Waals surface area contributed by atoms with Crippen LogP contribution in [0.3, 0.4) is 0 Å². The lowest BCUT2D eigenvalue weighted by atomic mass is 10.2. The van der Waals surface area contributed by atoms with Gasteiger partial charge in [0.05, 0.1) is 24.6 Å². The molecule has 32 heavy (non-hydrogen) atoms. The van der Waals surface area contributed by atoms with Gasteiger partial charge in [0.2, 0.25) is 0 Å². The maximum absolute atomic E-state index is 5.56. The quantitative estimate of drug-likeness (QED) is 0.450. The maximum Gasteiger partial charge on any atom is 0.158 e. The number of rotatable bonds is 5. The lowest BCUT2D eigenvalue weighted by Crippen LogP contribution is -2.37. The molecule has 4 aromatic rings. The van der Waals surface area contributed by atoms with E-state index in [2.05, 4.69) is 16.0 Å². The Morgan fingerprint density at radius 3 is 2.59 bits per heavy atom. The minimum absolute atomic E-state index is 0.696. The molecule has 0 radical (unpaired) electrons. The molecule has 1 aliphatic heterocycles. The first-order chi connectivity index (χ1) is 15.7. The fourth-order valence-corrected chi connectivity index (χ4v) is 3.74. The third kappa shape index (κ3) is 3.92. The summed E-state index contributed by atoms with van der Waals surface area (Å²) >= 11 is 0. The van der Waals surface area contributed by atoms with Gasteiger partial charge in [-0.15, -0.1) is 0 Å². The molecule has 0 atom stereocenters. The van der Waals surface area contributed by atoms with Crippen LogP contribution in [0.2, 0.25) is 0 Å². The lowest BCUT2D eigenvalue weighted by Gasteiger charge is -2.29. The molecule has 0 aromatic carbocycles. The van der Waals surface area contributed by atoms with E-state index < -0.39 is 0 Å². The van der Waals surface area contributed by atoms with Crippen molar-refractivity contribution in [1.29, 1.82) is 0 Å². The Hall–Kier alpha value is -3.78. The predicted octanol–water partition coefficient (Wildman–Crippen LogP) is 3.93. The molecule has 162 valence electrons. The van der Waals surface area contributed by atoms with Crippen LogP contribution >= 0.6 is 0 Å². The molecule has 1 aliphatic rings. The molecule has 0 unspecified atom stereocenters. The molecule has 8 nitrogen and oxygen atoms in total. The molecule has 1 saturated heterocycles. The van der Waals surface area contributed by atoms with Crippen molar-refractivity contribution in [2.45, 2.75) is 13.8 Å². The highest BCUT2D eigenvalue weighted by atomic mass is 16.5. The molecule has 5 rings (SSSR count). The highest BCUT2D eigenvalue weighted by Gasteiger charge is 2.19. The number of hydrogen-bond donors (Lipinski definition) is 0. The number of pyridine rings is 1. The molecule has 4 aromatic heterocycles. The van der Waals surface area contributed by atoms with Crippen LogP contribution < -0.4 is 4.90 Å². The van der Waals surface area contributed by atoms with E-state index in [0.29, 0.717) is 13.2 Å². The summed E-state index contributed by atoms with van der Waals surface area (Å²) in [6, 6.07) is 9.99. The first-order valence-electron chi connectivity index (χ1n) is 10.7. The summed E-state index contributed by atoms with van der Waals surface area (Å²) in [5.41, 5.74) is 5.33. The van der Waals surface area contributed by atoms with E-state index in [1.807, 2.05) is 71.7 Å². The molecule has 5 heterocycles. The van der Waals surface area contributed by atoms with Crippen molar-refractivity contribution in [1.82, 2.24) is 29.4 Å². The van der Waals surface area contributed by atoms with Crippen molar-refractivity contribution in [2.75, 3.05) is 31.2 Å². The summed E-state index contributed by atoms with van der Waals surface area (Å²) in [4.78, 5) is 11.3. The topological polar surface area (TPSA) is 73.4 Å². The van der Waals surface area contributed by atoms with Gasteiger partial charge in [0.15, 0.2) is 5.65 Å². The average molecular weight is 428 g/mol. The van der Waals surface area contributed by atoms with Gasteiger partial charge in [-0.3, -0.25) is 4.98 Å². The number of allylic oxidation sites excluding steroid dienone is 4. The van der Waals surface area contributed by atoms with Crippen molar-refractivity contribution in [3.05, 3.63) is 67.2 Å². The van der Waals surface area contributed by atoms with Crippen LogP contribution in [0.4, 0.5) is 5.82 Å². The first kappa shape index (κ1) is 20.1. The summed E-state index contributed by atoms with van der Waals surface area (Å²) in [5.74, 6) is 0.990. The van der Waals surface area contributed by atoms with Crippen molar-refractivity contribution in [2.24, 2.45) is 0 Å². The molecule has 0 bridgehead atoms. The molecule has 0 saturated carbocycles. The smallest absolute Gasteiger partial charge is 0.158 e. The van der Waals surface area contributed by atoms with E-state index in [0.717, 1.165) is 52.9 Å². The highest BCUT2D eigenvalue weighted by molar-refractivity contribution is 5.70. The zero-order chi connectivity index (χ0) is 21.9. The van der Waals surface area contributed by atoms with E-state index >= 15 is 0 Å². The van der Waals surface area contributed by atoms with Crippen LogP contribution in [-0.4, -0.2) is 55.7 Å². The van der Waals surface area contributed by atoms with Crippen LogP contribution in [0, 0.1) is 0 Å². The Morgan fingerprint density at radius 2 is 1.81 bits per heavy atom. The molecule has 0 N–H and O–H groups in total. The van der Waals surface area contributed by atoms with Crippen molar-refractivity contribution < 1.29 is 4.74 Å². The van der Waals surface area contributed by atoms with Crippen LogP contribution in [-0.2, 0) is 4.74 Å². The number of ether oxygens (including phenoxy) is 1. The van der Waals surface area contributed by atoms with Gasteiger partial charge in [-0.25, -0.2) is 9.67 Å². The lowest BCUT2D eigenvalue weighted by molar-refractivity contribution is 0.122. The number of fused-ring (bicyclic) bond motifs is 1. The van der Waals surface area contributed by atoms with Gasteiger partial charge in [0.1, 0.15) is 11.5 Å². The second kappa shape index (κ2) is 8.76. The second-order valence-electron chi connectivity index (χ2n) is 7.61. The van der Waals surface area contributed by atoms with Gasteiger partial charge in [0.25, 0.3) is 0 Å². The number of hydrogen-bond acceptors (Lipinski definition) is 6. The number of nitrogens with zero attached hydrogens (tertiary/aromatic N) is 7. The van der Waals surface area contributed by atoms with Crippen LogP contribution in [0.1, 0.15) is 13.8 Å². The number of aromatic nitrogens is 6. The standard InChI is InChI=1S/C24H25N7O/c1-3-4-5-18(2)30-11-8-20(27-30)22-17-24(29-12-14-32-15-13-29)31-23(26-22)16-21(28-31)19-6-9-25-10-7-19/h3-11,16-17H,12-15H2,1-2H3/b4-3-,18-5+. The molecule has 0 amide bonds. The number of anilines is 1. The van der Waals surface area contributed by atoms with Crippen LogP contribution in [0.25, 0.3) is 34.0 Å². The Kier molecular flexibility index (Phi) is 5.51. The van der Waals surface area contributed by atoms with Gasteiger partial charge in [0, 0.05) is 55.1 Å². The summed E-state index contributed by atoms with van der Waals surface area (Å²) in [6.45, 7) is 7.04. The van der Waals surface area contributed by atoms with E-state index in [4.69, 9.17) is 19.9 Å². The van der Waals surface area contributed by atoms with Crippen molar-refractivity contribution >= 4 is 17.2 Å². The van der Waals surface area contributed by atoms with Gasteiger partial charge in [-0.2, -0.15) is 14.7 Å². The van der Waals surface area contributed by atoms with Gasteiger partial charge in [-0.05, 0) is 38.1 Å². The molecule has 0 aliphatic carbocycles. The van der Waals surface area contributed by atoms with Crippen molar-refractivity contribution in [3.63, 3.8) is 0 Å². The second-order valence-corrected chi connectivity index (χ2v) is 7.61. The molecular formula is C24H25N7O. The van der Waals surface area contributed by atoms with Gasteiger partial charge in [-0.1, -0.05) is 12.2 Å². The predicted molar refractivity (Wildman–Crippen MR) is 125 cm³/mol. The Morgan fingerprint density at radius 1 is 1.00 bits per heavy atom. The minimum atomic E-state index is 0.696. The Bertz CT molecular complexity index is 1280. The van der Waals surface area contributed by atoms with E-state index in [-0.39, 0.29) is 0 Å². The minimum Gasteiger partial charge on any atom is -0.378 e. The van der Waals surface area contributed by atoms with Crippen molar-refractivity contribution in [3.8, 4) is 22.6 Å². The maximum atomic E-state index is 5.56. The SMILES string of the molecule is C/C=C\C=C(/C)n1ccc(-c2cc(N3CCOCC3)n3nc(-c4ccncc4)cc3n2)n1. The zero-order valence-electron chi connectivity index (χ0n) is 18.2. The average Bonchev–Trinajstić information content (AvgIpc) is 3.51. The number of morpholine rings is 1. The summed E-state index contributed by atoms with van der Waals surface area (Å²) < 4.78 is 9.35. The molecular weight excluding hydrogens is 402 g/mol. The monoisotopic (exact) mass is 427 g/mol. The third-order valence-corrected chi connectivity index (χ3v) is 5.46. The first-order valence-corrected chi connectivity index (χ1v) is 10.7. The largest absolute Gasteiger partial charge is 0.378 e. The highest BCUT2D eigenvalue weighted by Crippen LogP contribution is 2.27. The fraction of sp³-hybridized carbons (Fsp3) is 0.250. The Balaban J connectivity index is 1.61. The van der Waals surface area contributed by atoms with E-state index in [1.165, 1.54) is 0 Å². The molecule has 8 heteroatoms. The summed E-state index contributed by atoms with van der Waals surface area (Å²) in [5, 5.41) is 9.62.